The molecule has 2 heterocycles. The van der Waals surface area contributed by atoms with Crippen molar-refractivity contribution in [2.24, 2.45) is 0 Å². The van der Waals surface area contributed by atoms with Crippen molar-refractivity contribution in [3.63, 3.8) is 0 Å². The molecule has 1 amide bonds. The zero-order valence-electron chi connectivity index (χ0n) is 15.4. The summed E-state index contributed by atoms with van der Waals surface area (Å²) in [5, 5.41) is 0. The first-order chi connectivity index (χ1) is 12.8. The first-order valence-electron chi connectivity index (χ1n) is 9.04. The second kappa shape index (κ2) is 7.62. The number of hydrogen-bond acceptors (Lipinski definition) is 3. The molecule has 0 bridgehead atoms. The van der Waals surface area contributed by atoms with Gasteiger partial charge in [0.1, 0.15) is 11.9 Å². The summed E-state index contributed by atoms with van der Waals surface area (Å²) in [5.74, 6) is 0.806. The van der Waals surface area contributed by atoms with E-state index in [9.17, 15) is 18.0 Å². The molecule has 1 aromatic carbocycles. The SMILES string of the molecule is CCc1nccn1C(C)C(=O)N1CCN(c2ccccc2C(F)(F)F)CC1. The van der Waals surface area contributed by atoms with Gasteiger partial charge in [-0.25, -0.2) is 4.98 Å². The van der Waals surface area contributed by atoms with Gasteiger partial charge in [0.15, 0.2) is 0 Å². The van der Waals surface area contributed by atoms with Crippen molar-refractivity contribution in [2.75, 3.05) is 31.1 Å². The summed E-state index contributed by atoms with van der Waals surface area (Å²) in [4.78, 5) is 20.5. The first kappa shape index (κ1) is 19.3. The van der Waals surface area contributed by atoms with Gasteiger partial charge in [0.05, 0.1) is 5.56 Å². The Balaban J connectivity index is 1.68. The molecule has 146 valence electrons. The number of amides is 1. The van der Waals surface area contributed by atoms with Gasteiger partial charge in [-0.15, -0.1) is 0 Å². The fourth-order valence-electron chi connectivity index (χ4n) is 3.51. The summed E-state index contributed by atoms with van der Waals surface area (Å²) < 4.78 is 41.6. The lowest BCUT2D eigenvalue weighted by atomic mass is 10.1. The van der Waals surface area contributed by atoms with Crippen LogP contribution in [0.5, 0.6) is 0 Å². The third-order valence-corrected chi connectivity index (χ3v) is 4.98. The number of alkyl halides is 3. The smallest absolute Gasteiger partial charge is 0.367 e. The second-order valence-electron chi connectivity index (χ2n) is 6.61. The Kier molecular flexibility index (Phi) is 5.43. The minimum atomic E-state index is -4.39. The number of carbonyl (C=O) groups is 1. The third kappa shape index (κ3) is 3.94. The van der Waals surface area contributed by atoms with E-state index in [-0.39, 0.29) is 17.6 Å². The average molecular weight is 380 g/mol. The van der Waals surface area contributed by atoms with Crippen LogP contribution in [0.3, 0.4) is 0 Å². The Morgan fingerprint density at radius 2 is 1.85 bits per heavy atom. The number of aryl methyl sites for hydroxylation is 1. The predicted octanol–water partition coefficient (Wildman–Crippen LogP) is 3.37. The Morgan fingerprint density at radius 1 is 1.19 bits per heavy atom. The fraction of sp³-hybridized carbons (Fsp3) is 0.474. The molecule has 5 nitrogen and oxygen atoms in total. The third-order valence-electron chi connectivity index (χ3n) is 4.98. The molecule has 1 unspecified atom stereocenters. The van der Waals surface area contributed by atoms with Gasteiger partial charge in [-0.2, -0.15) is 13.2 Å². The summed E-state index contributed by atoms with van der Waals surface area (Å²) in [5.41, 5.74) is -0.461. The highest BCUT2D eigenvalue weighted by molar-refractivity contribution is 5.80. The van der Waals surface area contributed by atoms with Gasteiger partial charge >= 0.3 is 6.18 Å². The number of halogens is 3. The van der Waals surface area contributed by atoms with Gasteiger partial charge in [-0.3, -0.25) is 4.79 Å². The van der Waals surface area contributed by atoms with E-state index in [0.717, 1.165) is 18.3 Å². The molecule has 1 fully saturated rings. The Labute approximate surface area is 156 Å². The Morgan fingerprint density at radius 3 is 2.48 bits per heavy atom. The number of nitrogens with zero attached hydrogens (tertiary/aromatic N) is 4. The standard InChI is InChI=1S/C19H23F3N4O/c1-3-17-23-8-9-26(17)14(2)18(27)25-12-10-24(11-13-25)16-7-5-4-6-15(16)19(20,21)22/h4-9,14H,3,10-13H2,1-2H3. The lowest BCUT2D eigenvalue weighted by Crippen LogP contribution is -2.50. The Hall–Kier alpha value is -2.51. The van der Waals surface area contributed by atoms with Crippen LogP contribution in [-0.4, -0.2) is 46.5 Å². The van der Waals surface area contributed by atoms with Crippen LogP contribution in [0.1, 0.15) is 31.3 Å². The van der Waals surface area contributed by atoms with Crippen LogP contribution in [0.4, 0.5) is 18.9 Å². The second-order valence-corrected chi connectivity index (χ2v) is 6.61. The number of rotatable bonds is 4. The number of piperazine rings is 1. The van der Waals surface area contributed by atoms with Crippen molar-refractivity contribution < 1.29 is 18.0 Å². The van der Waals surface area contributed by atoms with Crippen LogP contribution in [0.2, 0.25) is 0 Å². The molecule has 1 saturated heterocycles. The van der Waals surface area contributed by atoms with Crippen molar-refractivity contribution in [3.8, 4) is 0 Å². The molecule has 0 N–H and O–H groups in total. The van der Waals surface area contributed by atoms with E-state index in [1.165, 1.54) is 12.1 Å². The van der Waals surface area contributed by atoms with Crippen LogP contribution in [0, 0.1) is 0 Å². The average Bonchev–Trinajstić information content (AvgIpc) is 3.15. The van der Waals surface area contributed by atoms with Crippen LogP contribution in [-0.2, 0) is 17.4 Å². The lowest BCUT2D eigenvalue weighted by Gasteiger charge is -2.38. The largest absolute Gasteiger partial charge is 0.418 e. The topological polar surface area (TPSA) is 41.4 Å². The fourth-order valence-corrected chi connectivity index (χ4v) is 3.51. The molecule has 0 saturated carbocycles. The molecule has 1 aliphatic heterocycles. The molecule has 27 heavy (non-hydrogen) atoms. The number of benzene rings is 1. The molecule has 8 heteroatoms. The molecule has 0 aliphatic carbocycles. The molecule has 3 rings (SSSR count). The van der Waals surface area contributed by atoms with Gasteiger partial charge in [-0.1, -0.05) is 19.1 Å². The molecule has 1 atom stereocenters. The summed E-state index contributed by atoms with van der Waals surface area (Å²) in [6.07, 6.45) is -0.200. The highest BCUT2D eigenvalue weighted by Gasteiger charge is 2.35. The quantitative estimate of drug-likeness (QED) is 0.817. The first-order valence-corrected chi connectivity index (χ1v) is 9.04. The number of imidazole rings is 1. The molecule has 0 radical (unpaired) electrons. The lowest BCUT2D eigenvalue weighted by molar-refractivity contribution is -0.137. The highest BCUT2D eigenvalue weighted by atomic mass is 19.4. The van der Waals surface area contributed by atoms with Gasteiger partial charge in [0.25, 0.3) is 0 Å². The summed E-state index contributed by atoms with van der Waals surface area (Å²) >= 11 is 0. The van der Waals surface area contributed by atoms with Gasteiger partial charge < -0.3 is 14.4 Å². The number of hydrogen-bond donors (Lipinski definition) is 0. The highest BCUT2D eigenvalue weighted by Crippen LogP contribution is 2.36. The number of carbonyl (C=O) groups excluding carboxylic acids is 1. The molecule has 0 spiro atoms. The maximum Gasteiger partial charge on any atom is 0.418 e. The number of aromatic nitrogens is 2. The van der Waals surface area contributed by atoms with E-state index in [1.807, 2.05) is 18.4 Å². The summed E-state index contributed by atoms with van der Waals surface area (Å²) in [6, 6.07) is 5.21. The van der Waals surface area contributed by atoms with Crippen LogP contribution < -0.4 is 4.90 Å². The maximum absolute atomic E-state index is 13.2. The predicted molar refractivity (Wildman–Crippen MR) is 96.6 cm³/mol. The van der Waals surface area contributed by atoms with Crippen LogP contribution in [0.15, 0.2) is 36.7 Å². The van der Waals surface area contributed by atoms with E-state index < -0.39 is 11.7 Å². The van der Waals surface area contributed by atoms with E-state index in [0.29, 0.717) is 26.2 Å². The van der Waals surface area contributed by atoms with Crippen LogP contribution >= 0.6 is 0 Å². The number of para-hydroxylation sites is 1. The summed E-state index contributed by atoms with van der Waals surface area (Å²) in [7, 11) is 0. The van der Waals surface area contributed by atoms with E-state index >= 15 is 0 Å². The molecule has 1 aromatic heterocycles. The van der Waals surface area contributed by atoms with Gasteiger partial charge in [0.2, 0.25) is 5.91 Å². The Bertz CT molecular complexity index is 794. The molecule has 2 aromatic rings. The monoisotopic (exact) mass is 380 g/mol. The van der Waals surface area contributed by atoms with Crippen LogP contribution in [0.25, 0.3) is 0 Å². The minimum absolute atomic E-state index is 0.0357. The summed E-state index contributed by atoms with van der Waals surface area (Å²) in [6.45, 7) is 5.34. The van der Waals surface area contributed by atoms with E-state index in [4.69, 9.17) is 0 Å². The minimum Gasteiger partial charge on any atom is -0.367 e. The van der Waals surface area contributed by atoms with Gasteiger partial charge in [-0.05, 0) is 19.1 Å². The van der Waals surface area contributed by atoms with E-state index in [2.05, 4.69) is 4.98 Å². The zero-order chi connectivity index (χ0) is 19.6. The maximum atomic E-state index is 13.2. The molecule has 1 aliphatic rings. The van der Waals surface area contributed by atoms with Crippen molar-refractivity contribution in [3.05, 3.63) is 48.0 Å². The number of anilines is 1. The van der Waals surface area contributed by atoms with Crippen molar-refractivity contribution in [1.29, 1.82) is 0 Å². The van der Waals surface area contributed by atoms with Crippen molar-refractivity contribution in [2.45, 2.75) is 32.5 Å². The molecular weight excluding hydrogens is 357 g/mol. The zero-order valence-corrected chi connectivity index (χ0v) is 15.4. The van der Waals surface area contributed by atoms with Crippen molar-refractivity contribution in [1.82, 2.24) is 14.5 Å². The normalized spacial score (nSPS) is 16.5. The molecular formula is C19H23F3N4O. The van der Waals surface area contributed by atoms with E-state index in [1.54, 1.807) is 28.3 Å². The van der Waals surface area contributed by atoms with Gasteiger partial charge in [0, 0.05) is 50.7 Å². The van der Waals surface area contributed by atoms with Crippen molar-refractivity contribution >= 4 is 11.6 Å².